The fourth-order valence-electron chi connectivity index (χ4n) is 1.51. The van der Waals surface area contributed by atoms with E-state index in [-0.39, 0.29) is 18.4 Å². The molecule has 96 valence electrons. The maximum atomic E-state index is 11.4. The predicted octanol–water partition coefficient (Wildman–Crippen LogP) is 4.28. The van der Waals surface area contributed by atoms with Gasteiger partial charge in [-0.2, -0.15) is 0 Å². The number of carbonyl (C=O) groups is 1. The Morgan fingerprint density at radius 2 is 1.75 bits per heavy atom. The molecule has 0 heterocycles. The number of hydrogen-bond donors (Lipinski definition) is 0. The fourth-order valence-corrected chi connectivity index (χ4v) is 1.51. The van der Waals surface area contributed by atoms with Crippen LogP contribution in [0.3, 0.4) is 0 Å². The van der Waals surface area contributed by atoms with Gasteiger partial charge >= 0.3 is 5.97 Å². The smallest absolute Gasteiger partial charge is 0.333 e. The van der Waals surface area contributed by atoms with E-state index in [1.165, 1.54) is 25.7 Å². The van der Waals surface area contributed by atoms with Crippen molar-refractivity contribution >= 4 is 18.4 Å². The third kappa shape index (κ3) is 8.78. The summed E-state index contributed by atoms with van der Waals surface area (Å²) < 4.78 is 4.97. The Labute approximate surface area is 106 Å². The van der Waals surface area contributed by atoms with E-state index in [9.17, 15) is 4.79 Å². The van der Waals surface area contributed by atoms with Crippen molar-refractivity contribution in [3.63, 3.8) is 0 Å². The molecule has 0 bridgehead atoms. The Morgan fingerprint density at radius 3 is 2.25 bits per heavy atom. The van der Waals surface area contributed by atoms with E-state index in [0.717, 1.165) is 18.4 Å². The summed E-state index contributed by atoms with van der Waals surface area (Å²) in [5, 5.41) is 0. The summed E-state index contributed by atoms with van der Waals surface area (Å²) in [4.78, 5) is 11.4. The van der Waals surface area contributed by atoms with E-state index in [1.807, 2.05) is 19.9 Å². The molecule has 0 unspecified atom stereocenters. The van der Waals surface area contributed by atoms with Gasteiger partial charge < -0.3 is 4.74 Å². The van der Waals surface area contributed by atoms with Crippen LogP contribution in [0.15, 0.2) is 11.6 Å². The molecule has 2 nitrogen and oxygen atoms in total. The van der Waals surface area contributed by atoms with Gasteiger partial charge in [-0.05, 0) is 26.7 Å². The molecule has 0 amide bonds. The summed E-state index contributed by atoms with van der Waals surface area (Å²) in [6, 6.07) is 0. The zero-order chi connectivity index (χ0) is 11.5. The number of halogens is 1. The molecular formula is C13H25ClO2. The van der Waals surface area contributed by atoms with E-state index in [1.54, 1.807) is 0 Å². The summed E-state index contributed by atoms with van der Waals surface area (Å²) >= 11 is 0. The molecule has 0 saturated carbocycles. The molecule has 16 heavy (non-hydrogen) atoms. The summed E-state index contributed by atoms with van der Waals surface area (Å²) in [6.45, 7) is 6.41. The highest BCUT2D eigenvalue weighted by atomic mass is 35.5. The van der Waals surface area contributed by atoms with Crippen molar-refractivity contribution in [2.75, 3.05) is 6.61 Å². The standard InChI is InChI=1S/C13H24O2.ClH/c1-4-7-8-9-10-11-12(5-2)13(14)15-6-3;/h5H,4,6-11H2,1-3H3;1H. The average molecular weight is 249 g/mol. The van der Waals surface area contributed by atoms with Crippen LogP contribution in [0, 0.1) is 0 Å². The molecule has 0 atom stereocenters. The van der Waals surface area contributed by atoms with Crippen LogP contribution >= 0.6 is 12.4 Å². The Balaban J connectivity index is 0. The SMILES string of the molecule is CC=C(CCCCCCC)C(=O)OCC.Cl. The van der Waals surface area contributed by atoms with Crippen LogP contribution in [0.5, 0.6) is 0 Å². The van der Waals surface area contributed by atoms with E-state index in [0.29, 0.717) is 6.61 Å². The first-order chi connectivity index (χ1) is 7.26. The molecule has 0 aliphatic heterocycles. The van der Waals surface area contributed by atoms with E-state index in [4.69, 9.17) is 4.74 Å². The number of allylic oxidation sites excluding steroid dienone is 1. The highest BCUT2D eigenvalue weighted by Crippen LogP contribution is 2.12. The van der Waals surface area contributed by atoms with Crippen LogP contribution in [0.1, 0.15) is 59.3 Å². The molecule has 0 fully saturated rings. The maximum absolute atomic E-state index is 11.4. The topological polar surface area (TPSA) is 26.3 Å². The molecule has 0 saturated heterocycles. The lowest BCUT2D eigenvalue weighted by Crippen LogP contribution is -2.07. The average Bonchev–Trinajstić information content (AvgIpc) is 2.23. The van der Waals surface area contributed by atoms with Crippen molar-refractivity contribution in [2.45, 2.75) is 59.3 Å². The first-order valence-corrected chi connectivity index (χ1v) is 6.08. The summed E-state index contributed by atoms with van der Waals surface area (Å²) in [7, 11) is 0. The Bertz CT molecular complexity index is 200. The number of carbonyl (C=O) groups excluding carboxylic acids is 1. The van der Waals surface area contributed by atoms with Crippen molar-refractivity contribution in [3.8, 4) is 0 Å². The largest absolute Gasteiger partial charge is 0.463 e. The van der Waals surface area contributed by atoms with Crippen molar-refractivity contribution < 1.29 is 9.53 Å². The van der Waals surface area contributed by atoms with Crippen LogP contribution in [0.25, 0.3) is 0 Å². The van der Waals surface area contributed by atoms with Crippen LogP contribution in [0.2, 0.25) is 0 Å². The van der Waals surface area contributed by atoms with Crippen LogP contribution in [-0.2, 0) is 9.53 Å². The van der Waals surface area contributed by atoms with Gasteiger partial charge in [0.1, 0.15) is 0 Å². The van der Waals surface area contributed by atoms with Crippen molar-refractivity contribution in [1.82, 2.24) is 0 Å². The summed E-state index contributed by atoms with van der Waals surface area (Å²) in [6.07, 6.45) is 8.87. The van der Waals surface area contributed by atoms with E-state index < -0.39 is 0 Å². The van der Waals surface area contributed by atoms with Gasteiger partial charge in [0, 0.05) is 5.57 Å². The van der Waals surface area contributed by atoms with Gasteiger partial charge in [0.25, 0.3) is 0 Å². The minimum absolute atomic E-state index is 0. The molecule has 0 aromatic rings. The Morgan fingerprint density at radius 1 is 1.12 bits per heavy atom. The van der Waals surface area contributed by atoms with Gasteiger partial charge in [-0.3, -0.25) is 0 Å². The Hall–Kier alpha value is -0.500. The van der Waals surface area contributed by atoms with Crippen molar-refractivity contribution in [3.05, 3.63) is 11.6 Å². The highest BCUT2D eigenvalue weighted by Gasteiger charge is 2.08. The molecule has 0 aromatic heterocycles. The van der Waals surface area contributed by atoms with Gasteiger partial charge in [0.05, 0.1) is 6.61 Å². The zero-order valence-electron chi connectivity index (χ0n) is 10.8. The number of esters is 1. The third-order valence-electron chi connectivity index (χ3n) is 2.44. The van der Waals surface area contributed by atoms with Gasteiger partial charge in [-0.1, -0.05) is 38.7 Å². The van der Waals surface area contributed by atoms with Gasteiger partial charge in [0.15, 0.2) is 0 Å². The molecule has 0 N–H and O–H groups in total. The molecule has 0 aliphatic carbocycles. The lowest BCUT2D eigenvalue weighted by molar-refractivity contribution is -0.138. The number of rotatable bonds is 8. The summed E-state index contributed by atoms with van der Waals surface area (Å²) in [5.41, 5.74) is 0.827. The maximum Gasteiger partial charge on any atom is 0.333 e. The third-order valence-corrected chi connectivity index (χ3v) is 2.44. The highest BCUT2D eigenvalue weighted by molar-refractivity contribution is 5.88. The van der Waals surface area contributed by atoms with Crippen molar-refractivity contribution in [2.24, 2.45) is 0 Å². The molecule has 0 aromatic carbocycles. The van der Waals surface area contributed by atoms with E-state index >= 15 is 0 Å². The van der Waals surface area contributed by atoms with Crippen LogP contribution in [-0.4, -0.2) is 12.6 Å². The Kier molecular flexibility index (Phi) is 14.0. The first-order valence-electron chi connectivity index (χ1n) is 6.08. The second kappa shape index (κ2) is 12.6. The van der Waals surface area contributed by atoms with Crippen LogP contribution in [0.4, 0.5) is 0 Å². The second-order valence-corrected chi connectivity index (χ2v) is 3.70. The molecule has 0 spiro atoms. The monoisotopic (exact) mass is 248 g/mol. The molecule has 0 rings (SSSR count). The van der Waals surface area contributed by atoms with Gasteiger partial charge in [-0.15, -0.1) is 12.4 Å². The molecule has 3 heteroatoms. The molecule has 0 aliphatic rings. The number of unbranched alkanes of at least 4 members (excludes halogenated alkanes) is 4. The fraction of sp³-hybridized carbons (Fsp3) is 0.769. The minimum atomic E-state index is -0.143. The van der Waals surface area contributed by atoms with Gasteiger partial charge in [0.2, 0.25) is 0 Å². The second-order valence-electron chi connectivity index (χ2n) is 3.70. The minimum Gasteiger partial charge on any atom is -0.463 e. The van der Waals surface area contributed by atoms with Crippen molar-refractivity contribution in [1.29, 1.82) is 0 Å². The lowest BCUT2D eigenvalue weighted by atomic mass is 10.1. The quantitative estimate of drug-likeness (QED) is 0.364. The number of ether oxygens (including phenoxy) is 1. The van der Waals surface area contributed by atoms with E-state index in [2.05, 4.69) is 6.92 Å². The molecule has 0 radical (unpaired) electrons. The first kappa shape index (κ1) is 17.9. The van der Waals surface area contributed by atoms with Gasteiger partial charge in [-0.25, -0.2) is 4.79 Å². The molecular weight excluding hydrogens is 224 g/mol. The van der Waals surface area contributed by atoms with Crippen LogP contribution < -0.4 is 0 Å². The predicted molar refractivity (Wildman–Crippen MR) is 71.0 cm³/mol. The summed E-state index contributed by atoms with van der Waals surface area (Å²) in [5.74, 6) is -0.143. The number of hydrogen-bond acceptors (Lipinski definition) is 2. The lowest BCUT2D eigenvalue weighted by Gasteiger charge is -2.06. The normalized spacial score (nSPS) is 10.8. The zero-order valence-corrected chi connectivity index (χ0v) is 11.6.